The van der Waals surface area contributed by atoms with Gasteiger partial charge in [0.15, 0.2) is 0 Å². The first-order valence-electron chi connectivity index (χ1n) is 9.14. The number of benzene rings is 2. The summed E-state index contributed by atoms with van der Waals surface area (Å²) in [4.78, 5) is 14.7. The predicted octanol–water partition coefficient (Wildman–Crippen LogP) is 2.47. The van der Waals surface area contributed by atoms with Gasteiger partial charge in [0.2, 0.25) is 0 Å². The third-order valence-corrected chi connectivity index (χ3v) is 4.76. The van der Waals surface area contributed by atoms with E-state index < -0.39 is 0 Å². The Morgan fingerprint density at radius 2 is 1.89 bits per heavy atom. The minimum atomic E-state index is 0.425. The van der Waals surface area contributed by atoms with Crippen LogP contribution in [0.5, 0.6) is 0 Å². The molecule has 1 saturated heterocycles. The lowest BCUT2D eigenvalue weighted by molar-refractivity contribution is -0.129. The van der Waals surface area contributed by atoms with Gasteiger partial charge in [-0.1, -0.05) is 30.3 Å². The lowest BCUT2D eigenvalue weighted by atomic mass is 10.1. The Balaban J connectivity index is 1.58. The fourth-order valence-electron chi connectivity index (χ4n) is 3.25. The number of hydrogen-bond donors (Lipinski definition) is 1. The summed E-state index contributed by atoms with van der Waals surface area (Å²) in [7, 11) is 0. The van der Waals surface area contributed by atoms with Crippen LogP contribution >= 0.6 is 0 Å². The number of rotatable bonds is 8. The van der Waals surface area contributed by atoms with Crippen molar-refractivity contribution in [3.63, 3.8) is 0 Å². The molecule has 0 saturated carbocycles. The number of anilines is 2. The van der Waals surface area contributed by atoms with Gasteiger partial charge in [-0.3, -0.25) is 9.69 Å². The normalized spacial score (nSPS) is 14.4. The summed E-state index contributed by atoms with van der Waals surface area (Å²) < 4.78 is 4.77. The Kier molecular flexibility index (Phi) is 6.66. The highest BCUT2D eigenvalue weighted by molar-refractivity contribution is 5.65. The Morgan fingerprint density at radius 3 is 2.59 bits per heavy atom. The van der Waals surface area contributed by atoms with Crippen molar-refractivity contribution >= 4 is 17.8 Å². The van der Waals surface area contributed by atoms with Gasteiger partial charge < -0.3 is 15.0 Å². The molecule has 6 heteroatoms. The first-order chi connectivity index (χ1) is 13.3. The van der Waals surface area contributed by atoms with E-state index in [1.54, 1.807) is 0 Å². The zero-order valence-electron chi connectivity index (χ0n) is 15.3. The number of hydrogen-bond acceptors (Lipinski definition) is 6. The molecule has 1 heterocycles. The molecule has 2 aromatic carbocycles. The van der Waals surface area contributed by atoms with E-state index in [1.807, 2.05) is 36.4 Å². The van der Waals surface area contributed by atoms with Crippen LogP contribution in [0.3, 0.4) is 0 Å². The standard InChI is InChI=1S/C21H24N4O2/c22-15-19-14-20(23-16-18-4-2-1-3-5-18)6-7-21(19)25-10-8-24(9-11-25)12-13-27-17-26/h1-7,14,17,23H,8-13,16H2. The molecule has 1 aliphatic heterocycles. The Morgan fingerprint density at radius 1 is 1.11 bits per heavy atom. The fraction of sp³-hybridized carbons (Fsp3) is 0.333. The Labute approximate surface area is 160 Å². The van der Waals surface area contributed by atoms with Crippen LogP contribution in [0.4, 0.5) is 11.4 Å². The van der Waals surface area contributed by atoms with Crippen molar-refractivity contribution in [1.29, 1.82) is 5.26 Å². The van der Waals surface area contributed by atoms with Gasteiger partial charge in [-0.2, -0.15) is 5.26 Å². The van der Waals surface area contributed by atoms with E-state index in [0.717, 1.165) is 50.6 Å². The van der Waals surface area contributed by atoms with E-state index in [1.165, 1.54) is 5.56 Å². The SMILES string of the molecule is N#Cc1cc(NCc2ccccc2)ccc1N1CCN(CCOC=O)CC1. The number of ether oxygens (including phenoxy) is 1. The van der Waals surface area contributed by atoms with Gasteiger partial charge in [-0.05, 0) is 23.8 Å². The zero-order chi connectivity index (χ0) is 18.9. The second-order valence-corrected chi connectivity index (χ2v) is 6.48. The van der Waals surface area contributed by atoms with Crippen LogP contribution in [-0.4, -0.2) is 50.7 Å². The Bertz CT molecular complexity index is 781. The van der Waals surface area contributed by atoms with Crippen molar-refractivity contribution < 1.29 is 9.53 Å². The van der Waals surface area contributed by atoms with Gasteiger partial charge in [-0.25, -0.2) is 0 Å². The average Bonchev–Trinajstić information content (AvgIpc) is 2.73. The van der Waals surface area contributed by atoms with Gasteiger partial charge in [0.25, 0.3) is 6.47 Å². The lowest BCUT2D eigenvalue weighted by Gasteiger charge is -2.36. The predicted molar refractivity (Wildman–Crippen MR) is 106 cm³/mol. The molecule has 0 unspecified atom stereocenters. The van der Waals surface area contributed by atoms with Gasteiger partial charge in [-0.15, -0.1) is 0 Å². The summed E-state index contributed by atoms with van der Waals surface area (Å²) in [5.74, 6) is 0. The van der Waals surface area contributed by atoms with E-state index >= 15 is 0 Å². The average molecular weight is 364 g/mol. The molecule has 1 aliphatic rings. The van der Waals surface area contributed by atoms with E-state index in [9.17, 15) is 10.1 Å². The molecule has 1 fully saturated rings. The molecule has 3 rings (SSSR count). The van der Waals surface area contributed by atoms with Gasteiger partial charge in [0.1, 0.15) is 12.7 Å². The van der Waals surface area contributed by atoms with Crippen LogP contribution in [0.15, 0.2) is 48.5 Å². The summed E-state index contributed by atoms with van der Waals surface area (Å²) in [5, 5.41) is 13.0. The number of nitrogens with one attached hydrogen (secondary N) is 1. The number of carbonyl (C=O) groups excluding carboxylic acids is 1. The maximum atomic E-state index is 10.2. The highest BCUT2D eigenvalue weighted by Crippen LogP contribution is 2.25. The molecule has 0 amide bonds. The molecule has 27 heavy (non-hydrogen) atoms. The van der Waals surface area contributed by atoms with Crippen molar-refractivity contribution in [2.75, 3.05) is 49.5 Å². The first-order valence-corrected chi connectivity index (χ1v) is 9.14. The first kappa shape index (κ1) is 18.7. The number of carbonyl (C=O) groups is 1. The molecule has 2 aromatic rings. The molecule has 0 aliphatic carbocycles. The molecule has 6 nitrogen and oxygen atoms in total. The molecular weight excluding hydrogens is 340 g/mol. The minimum Gasteiger partial charge on any atom is -0.467 e. The van der Waals surface area contributed by atoms with Crippen LogP contribution in [-0.2, 0) is 16.1 Å². The lowest BCUT2D eigenvalue weighted by Crippen LogP contribution is -2.47. The summed E-state index contributed by atoms with van der Waals surface area (Å²) in [6, 6.07) is 18.5. The van der Waals surface area contributed by atoms with Gasteiger partial charge >= 0.3 is 0 Å². The van der Waals surface area contributed by atoms with E-state index in [0.29, 0.717) is 18.6 Å². The quantitative estimate of drug-likeness (QED) is 0.573. The van der Waals surface area contributed by atoms with Crippen LogP contribution in [0.1, 0.15) is 11.1 Å². The van der Waals surface area contributed by atoms with Crippen molar-refractivity contribution in [2.24, 2.45) is 0 Å². The van der Waals surface area contributed by atoms with Crippen LogP contribution in [0, 0.1) is 11.3 Å². The molecule has 1 N–H and O–H groups in total. The minimum absolute atomic E-state index is 0.425. The van der Waals surface area contributed by atoms with Crippen LogP contribution in [0.2, 0.25) is 0 Å². The van der Waals surface area contributed by atoms with Crippen molar-refractivity contribution in [1.82, 2.24) is 4.90 Å². The molecular formula is C21H24N4O2. The second kappa shape index (κ2) is 9.60. The Hall–Kier alpha value is -3.04. The van der Waals surface area contributed by atoms with Crippen molar-refractivity contribution in [2.45, 2.75) is 6.54 Å². The van der Waals surface area contributed by atoms with E-state index in [-0.39, 0.29) is 0 Å². The van der Waals surface area contributed by atoms with Crippen LogP contribution < -0.4 is 10.2 Å². The third-order valence-electron chi connectivity index (χ3n) is 4.76. The van der Waals surface area contributed by atoms with Gasteiger partial charge in [0, 0.05) is 45.0 Å². The topological polar surface area (TPSA) is 68.6 Å². The zero-order valence-corrected chi connectivity index (χ0v) is 15.3. The monoisotopic (exact) mass is 364 g/mol. The molecule has 140 valence electrons. The highest BCUT2D eigenvalue weighted by atomic mass is 16.5. The highest BCUT2D eigenvalue weighted by Gasteiger charge is 2.19. The fourth-order valence-corrected chi connectivity index (χ4v) is 3.25. The van der Waals surface area contributed by atoms with Gasteiger partial charge in [0.05, 0.1) is 11.3 Å². The molecule has 0 spiro atoms. The van der Waals surface area contributed by atoms with E-state index in [2.05, 4.69) is 33.3 Å². The number of piperazine rings is 1. The molecule has 0 atom stereocenters. The second-order valence-electron chi connectivity index (χ2n) is 6.48. The maximum Gasteiger partial charge on any atom is 0.293 e. The maximum absolute atomic E-state index is 10.2. The summed E-state index contributed by atoms with van der Waals surface area (Å²) in [5.41, 5.74) is 3.82. The number of nitrogens with zero attached hydrogens (tertiary/aromatic N) is 3. The smallest absolute Gasteiger partial charge is 0.293 e. The molecule has 0 aromatic heterocycles. The number of nitriles is 1. The largest absolute Gasteiger partial charge is 0.467 e. The van der Waals surface area contributed by atoms with Crippen molar-refractivity contribution in [3.8, 4) is 6.07 Å². The molecule has 0 radical (unpaired) electrons. The molecule has 0 bridgehead atoms. The third kappa shape index (κ3) is 5.22. The van der Waals surface area contributed by atoms with Crippen LogP contribution in [0.25, 0.3) is 0 Å². The van der Waals surface area contributed by atoms with E-state index in [4.69, 9.17) is 4.74 Å². The summed E-state index contributed by atoms with van der Waals surface area (Å²) >= 11 is 0. The van der Waals surface area contributed by atoms with Crippen molar-refractivity contribution in [3.05, 3.63) is 59.7 Å². The summed E-state index contributed by atoms with van der Waals surface area (Å²) in [6.45, 7) is 5.88. The summed E-state index contributed by atoms with van der Waals surface area (Å²) in [6.07, 6.45) is 0.